The van der Waals surface area contributed by atoms with Crippen LogP contribution in [0, 0.1) is 23.5 Å². The van der Waals surface area contributed by atoms with E-state index in [0.717, 1.165) is 12.1 Å². The average molecular weight is 325 g/mol. The fourth-order valence-electron chi connectivity index (χ4n) is 1.56. The summed E-state index contributed by atoms with van der Waals surface area (Å²) >= 11 is 0. The molecule has 0 saturated carbocycles. The lowest BCUT2D eigenvalue weighted by Gasteiger charge is -2.19. The van der Waals surface area contributed by atoms with Gasteiger partial charge in [0.15, 0.2) is 0 Å². The molecular weight excluding hydrogens is 308 g/mol. The number of carbonyl (C=O) groups excluding carboxylic acids is 1. The van der Waals surface area contributed by atoms with E-state index in [4.69, 9.17) is 9.84 Å². The molecule has 1 amide bonds. The first-order valence-corrected chi connectivity index (χ1v) is 6.78. The first kappa shape index (κ1) is 18.4. The predicted octanol–water partition coefficient (Wildman–Crippen LogP) is 2.93. The third-order valence-corrected chi connectivity index (χ3v) is 2.41. The minimum absolute atomic E-state index is 0.0160. The van der Waals surface area contributed by atoms with Crippen LogP contribution in [0.2, 0.25) is 0 Å². The van der Waals surface area contributed by atoms with E-state index >= 15 is 0 Å². The minimum atomic E-state index is -1.68. The molecule has 0 aliphatic carbocycles. The molecule has 0 heterocycles. The third-order valence-electron chi connectivity index (χ3n) is 2.41. The molecule has 0 atom stereocenters. The monoisotopic (exact) mass is 325 g/mol. The van der Waals surface area contributed by atoms with Crippen LogP contribution in [0.3, 0.4) is 0 Å². The third kappa shape index (κ3) is 6.34. The van der Waals surface area contributed by atoms with Gasteiger partial charge in [0.1, 0.15) is 22.8 Å². The van der Waals surface area contributed by atoms with E-state index in [1.807, 2.05) is 0 Å². The SMILES string of the molecule is CC(C)(C)OC(=O)NCCC#Cc1cc(F)c(C(=O)O)c(F)c1. The maximum absolute atomic E-state index is 13.4. The van der Waals surface area contributed by atoms with Gasteiger partial charge in [0.2, 0.25) is 0 Å². The number of benzene rings is 1. The predicted molar refractivity (Wildman–Crippen MR) is 79.0 cm³/mol. The fourth-order valence-corrected chi connectivity index (χ4v) is 1.56. The number of hydrogen-bond donors (Lipinski definition) is 2. The van der Waals surface area contributed by atoms with Gasteiger partial charge in [-0.25, -0.2) is 18.4 Å². The van der Waals surface area contributed by atoms with Gasteiger partial charge in [0, 0.05) is 18.5 Å². The van der Waals surface area contributed by atoms with Gasteiger partial charge in [0.25, 0.3) is 0 Å². The summed E-state index contributed by atoms with van der Waals surface area (Å²) in [5, 5.41) is 11.1. The lowest BCUT2D eigenvalue weighted by atomic mass is 10.1. The lowest BCUT2D eigenvalue weighted by Crippen LogP contribution is -2.32. The molecule has 0 bridgehead atoms. The number of amides is 1. The van der Waals surface area contributed by atoms with Crippen molar-refractivity contribution in [3.8, 4) is 11.8 Å². The highest BCUT2D eigenvalue weighted by Gasteiger charge is 2.17. The van der Waals surface area contributed by atoms with Crippen LogP contribution in [0.1, 0.15) is 43.1 Å². The van der Waals surface area contributed by atoms with Gasteiger partial charge < -0.3 is 15.2 Å². The van der Waals surface area contributed by atoms with Gasteiger partial charge in [-0.05, 0) is 32.9 Å². The number of carboxylic acid groups (broad SMARTS) is 1. The number of rotatable bonds is 3. The van der Waals surface area contributed by atoms with Crippen molar-refractivity contribution in [3.05, 3.63) is 34.9 Å². The second-order valence-electron chi connectivity index (χ2n) is 5.60. The second-order valence-corrected chi connectivity index (χ2v) is 5.60. The van der Waals surface area contributed by atoms with E-state index in [9.17, 15) is 18.4 Å². The first-order valence-electron chi connectivity index (χ1n) is 6.78. The molecular formula is C16H17F2NO4. The van der Waals surface area contributed by atoms with Crippen molar-refractivity contribution in [2.75, 3.05) is 6.54 Å². The zero-order valence-electron chi connectivity index (χ0n) is 13.0. The van der Waals surface area contributed by atoms with Crippen molar-refractivity contribution in [3.63, 3.8) is 0 Å². The summed E-state index contributed by atoms with van der Waals surface area (Å²) < 4.78 is 31.9. The Morgan fingerprint density at radius 3 is 2.30 bits per heavy atom. The zero-order chi connectivity index (χ0) is 17.6. The smallest absolute Gasteiger partial charge is 0.407 e. The maximum Gasteiger partial charge on any atom is 0.407 e. The Labute approximate surface area is 132 Å². The number of alkyl carbamates (subject to hydrolysis) is 1. The van der Waals surface area contributed by atoms with E-state index in [2.05, 4.69) is 17.2 Å². The standard InChI is InChI=1S/C16H17F2NO4/c1-16(2,3)23-15(22)19-7-5-4-6-10-8-11(17)13(14(20)21)12(18)9-10/h8-9H,5,7H2,1-3H3,(H,19,22)(H,20,21). The van der Waals surface area contributed by atoms with Crippen LogP contribution < -0.4 is 5.32 Å². The molecule has 23 heavy (non-hydrogen) atoms. The number of hydrogen-bond acceptors (Lipinski definition) is 3. The largest absolute Gasteiger partial charge is 0.477 e. The number of nitrogens with one attached hydrogen (secondary N) is 1. The van der Waals surface area contributed by atoms with Crippen LogP contribution in [0.15, 0.2) is 12.1 Å². The van der Waals surface area contributed by atoms with Crippen molar-refractivity contribution in [1.82, 2.24) is 5.32 Å². The summed E-state index contributed by atoms with van der Waals surface area (Å²) in [6.45, 7) is 5.41. The summed E-state index contributed by atoms with van der Waals surface area (Å²) in [7, 11) is 0. The summed E-state index contributed by atoms with van der Waals surface area (Å²) in [4.78, 5) is 22.0. The van der Waals surface area contributed by atoms with Crippen LogP contribution in [0.25, 0.3) is 0 Å². The van der Waals surface area contributed by atoms with Gasteiger partial charge >= 0.3 is 12.1 Å². The van der Waals surface area contributed by atoms with Gasteiger partial charge in [-0.15, -0.1) is 0 Å². The molecule has 0 aliphatic rings. The fraction of sp³-hybridized carbons (Fsp3) is 0.375. The first-order chi connectivity index (χ1) is 10.6. The van der Waals surface area contributed by atoms with Gasteiger partial charge in [-0.1, -0.05) is 11.8 Å². The van der Waals surface area contributed by atoms with E-state index < -0.39 is 34.9 Å². The number of aromatic carboxylic acids is 1. The Bertz CT molecular complexity index is 646. The van der Waals surface area contributed by atoms with Gasteiger partial charge in [0.05, 0.1) is 0 Å². The Morgan fingerprint density at radius 2 is 1.83 bits per heavy atom. The molecule has 0 spiro atoms. The molecule has 0 aliphatic heterocycles. The number of ether oxygens (including phenoxy) is 1. The van der Waals surface area contributed by atoms with Crippen LogP contribution in [-0.2, 0) is 4.74 Å². The second kappa shape index (κ2) is 7.58. The maximum atomic E-state index is 13.4. The van der Waals surface area contributed by atoms with Crippen molar-refractivity contribution in [2.45, 2.75) is 32.8 Å². The van der Waals surface area contributed by atoms with Crippen molar-refractivity contribution >= 4 is 12.1 Å². The number of halogens is 2. The van der Waals surface area contributed by atoms with Gasteiger partial charge in [-0.2, -0.15) is 0 Å². The van der Waals surface area contributed by atoms with E-state index in [0.29, 0.717) is 0 Å². The summed E-state index contributed by atoms with van der Waals surface area (Å²) in [6.07, 6.45) is -0.342. The summed E-state index contributed by atoms with van der Waals surface area (Å²) in [5.41, 5.74) is -1.60. The molecule has 1 rings (SSSR count). The van der Waals surface area contributed by atoms with Crippen LogP contribution in [0.5, 0.6) is 0 Å². The van der Waals surface area contributed by atoms with Gasteiger partial charge in [-0.3, -0.25) is 0 Å². The summed E-state index contributed by atoms with van der Waals surface area (Å²) in [5.74, 6) is 1.07. The molecule has 2 N–H and O–H groups in total. The van der Waals surface area contributed by atoms with Crippen LogP contribution >= 0.6 is 0 Å². The highest BCUT2D eigenvalue weighted by Crippen LogP contribution is 2.15. The molecule has 0 radical (unpaired) electrons. The quantitative estimate of drug-likeness (QED) is 0.662. The Hall–Kier alpha value is -2.62. The van der Waals surface area contributed by atoms with Crippen LogP contribution in [-0.4, -0.2) is 29.3 Å². The van der Waals surface area contributed by atoms with E-state index in [1.165, 1.54) is 0 Å². The van der Waals surface area contributed by atoms with Crippen molar-refractivity contribution in [1.29, 1.82) is 0 Å². The lowest BCUT2D eigenvalue weighted by molar-refractivity contribution is 0.0528. The Balaban J connectivity index is 2.58. The highest BCUT2D eigenvalue weighted by atomic mass is 19.1. The molecule has 5 nitrogen and oxygen atoms in total. The van der Waals surface area contributed by atoms with Crippen molar-refractivity contribution in [2.24, 2.45) is 0 Å². The summed E-state index contributed by atoms with van der Waals surface area (Å²) in [6, 6.07) is 1.70. The zero-order valence-corrected chi connectivity index (χ0v) is 13.0. The van der Waals surface area contributed by atoms with Crippen LogP contribution in [0.4, 0.5) is 13.6 Å². The molecule has 1 aromatic rings. The molecule has 7 heteroatoms. The average Bonchev–Trinajstić information content (AvgIpc) is 2.34. The van der Waals surface area contributed by atoms with E-state index in [1.54, 1.807) is 20.8 Å². The van der Waals surface area contributed by atoms with E-state index in [-0.39, 0.29) is 18.5 Å². The number of carbonyl (C=O) groups is 2. The van der Waals surface area contributed by atoms with Crippen molar-refractivity contribution < 1.29 is 28.2 Å². The topological polar surface area (TPSA) is 75.6 Å². The Morgan fingerprint density at radius 1 is 1.26 bits per heavy atom. The molecule has 0 fully saturated rings. The molecule has 0 aromatic heterocycles. The molecule has 124 valence electrons. The normalized spacial score (nSPS) is 10.5. The number of carboxylic acids is 1. The minimum Gasteiger partial charge on any atom is -0.477 e. The highest BCUT2D eigenvalue weighted by molar-refractivity contribution is 5.88. The Kier molecular flexibility index (Phi) is 6.08. The molecule has 0 saturated heterocycles. The molecule has 1 aromatic carbocycles. The molecule has 0 unspecified atom stereocenters.